The van der Waals surface area contributed by atoms with Gasteiger partial charge in [-0.2, -0.15) is 0 Å². The van der Waals surface area contributed by atoms with Crippen LogP contribution in [0.5, 0.6) is 0 Å². The van der Waals surface area contributed by atoms with Gasteiger partial charge in [-0.1, -0.05) is 0 Å². The van der Waals surface area contributed by atoms with Crippen LogP contribution < -0.4 is 5.32 Å². The van der Waals surface area contributed by atoms with Crippen LogP contribution in [0.25, 0.3) is 10.9 Å². The number of carbonyl (C=O) groups is 1. The van der Waals surface area contributed by atoms with E-state index in [9.17, 15) is 4.79 Å². The molecular weight excluding hydrogens is 262 g/mol. The summed E-state index contributed by atoms with van der Waals surface area (Å²) in [6.45, 7) is 3.42. The van der Waals surface area contributed by atoms with E-state index < -0.39 is 0 Å². The van der Waals surface area contributed by atoms with Gasteiger partial charge < -0.3 is 14.8 Å². The van der Waals surface area contributed by atoms with E-state index in [1.165, 1.54) is 25.9 Å². The lowest BCUT2D eigenvalue weighted by molar-refractivity contribution is 0.0620. The zero-order valence-corrected chi connectivity index (χ0v) is 12.4. The highest BCUT2D eigenvalue weighted by molar-refractivity contribution is 5.98. The Morgan fingerprint density at radius 3 is 2.76 bits per heavy atom. The van der Waals surface area contributed by atoms with Crippen molar-refractivity contribution in [1.82, 2.24) is 14.8 Å². The number of fused-ring (bicyclic) bond motifs is 4. The third kappa shape index (κ3) is 2.23. The molecule has 1 N–H and O–H groups in total. The molecule has 21 heavy (non-hydrogen) atoms. The van der Waals surface area contributed by atoms with Gasteiger partial charge in [-0.3, -0.25) is 4.79 Å². The molecule has 5 rings (SSSR count). The van der Waals surface area contributed by atoms with E-state index in [2.05, 4.69) is 20.9 Å². The lowest BCUT2D eigenvalue weighted by atomic mass is 9.84. The van der Waals surface area contributed by atoms with Gasteiger partial charge in [-0.15, -0.1) is 0 Å². The van der Waals surface area contributed by atoms with Crippen molar-refractivity contribution in [2.75, 3.05) is 19.6 Å². The van der Waals surface area contributed by atoms with E-state index >= 15 is 0 Å². The van der Waals surface area contributed by atoms with Gasteiger partial charge in [0.1, 0.15) is 0 Å². The molecule has 0 radical (unpaired) electrons. The quantitative estimate of drug-likeness (QED) is 0.915. The van der Waals surface area contributed by atoms with Crippen molar-refractivity contribution in [3.8, 4) is 0 Å². The van der Waals surface area contributed by atoms with Gasteiger partial charge >= 0.3 is 0 Å². The highest BCUT2D eigenvalue weighted by atomic mass is 16.1. The van der Waals surface area contributed by atoms with Crippen LogP contribution in [0.15, 0.2) is 30.5 Å². The van der Waals surface area contributed by atoms with Crippen molar-refractivity contribution in [3.05, 3.63) is 36.0 Å². The van der Waals surface area contributed by atoms with Gasteiger partial charge in [0.05, 0.1) is 0 Å². The summed E-state index contributed by atoms with van der Waals surface area (Å²) in [6.07, 6.45) is 4.48. The second-order valence-electron chi connectivity index (χ2n) is 6.42. The van der Waals surface area contributed by atoms with Crippen LogP contribution in [0, 0.1) is 5.92 Å². The summed E-state index contributed by atoms with van der Waals surface area (Å²) in [5.41, 5.74) is 1.93. The number of nitrogens with zero attached hydrogens (tertiary/aromatic N) is 2. The minimum absolute atomic E-state index is 0.0690. The second kappa shape index (κ2) is 4.88. The van der Waals surface area contributed by atoms with E-state index in [1.54, 1.807) is 0 Å². The number of piperidine rings is 3. The summed E-state index contributed by atoms with van der Waals surface area (Å²) in [4.78, 5) is 15.0. The fourth-order valence-electron chi connectivity index (χ4n) is 3.80. The predicted octanol–water partition coefficient (Wildman–Crippen LogP) is 2.00. The molecule has 1 aromatic carbocycles. The molecule has 2 aromatic rings. The average Bonchev–Trinajstić information content (AvgIpc) is 2.89. The van der Waals surface area contributed by atoms with Crippen molar-refractivity contribution < 1.29 is 4.79 Å². The first-order valence-electron chi connectivity index (χ1n) is 7.79. The highest BCUT2D eigenvalue weighted by Crippen LogP contribution is 2.27. The van der Waals surface area contributed by atoms with Crippen molar-refractivity contribution in [2.45, 2.75) is 18.9 Å². The lowest BCUT2D eigenvalue weighted by Gasteiger charge is -2.44. The van der Waals surface area contributed by atoms with Gasteiger partial charge in [0.2, 0.25) is 0 Å². The van der Waals surface area contributed by atoms with Crippen LogP contribution in [0.4, 0.5) is 0 Å². The van der Waals surface area contributed by atoms with Gasteiger partial charge in [-0.05, 0) is 56.1 Å². The molecule has 3 fully saturated rings. The van der Waals surface area contributed by atoms with Gasteiger partial charge in [0.15, 0.2) is 0 Å². The third-order valence-electron chi connectivity index (χ3n) is 5.12. The van der Waals surface area contributed by atoms with Crippen LogP contribution in [0.2, 0.25) is 0 Å². The highest BCUT2D eigenvalue weighted by Gasteiger charge is 2.34. The number of benzene rings is 1. The number of carbonyl (C=O) groups excluding carboxylic acids is 1. The SMILES string of the molecule is Cn1ccc2cc(C(=O)NC3CN4CCC3CC4)ccc21. The van der Waals surface area contributed by atoms with Crippen LogP contribution in [-0.4, -0.2) is 41.1 Å². The molecule has 1 unspecified atom stereocenters. The Hall–Kier alpha value is -1.81. The molecule has 1 atom stereocenters. The third-order valence-corrected chi connectivity index (χ3v) is 5.12. The predicted molar refractivity (Wildman–Crippen MR) is 83.3 cm³/mol. The Morgan fingerprint density at radius 1 is 1.24 bits per heavy atom. The lowest BCUT2D eigenvalue weighted by Crippen LogP contribution is -2.57. The smallest absolute Gasteiger partial charge is 0.251 e. The van der Waals surface area contributed by atoms with Crippen molar-refractivity contribution in [1.29, 1.82) is 0 Å². The fourth-order valence-corrected chi connectivity index (χ4v) is 3.80. The summed E-state index contributed by atoms with van der Waals surface area (Å²) in [5.74, 6) is 0.735. The molecule has 4 heterocycles. The standard InChI is InChI=1S/C17H21N3O/c1-19-7-4-13-10-14(2-3-16(13)19)17(21)18-15-11-20-8-5-12(15)6-9-20/h2-4,7,10,12,15H,5-6,8-9,11H2,1H3,(H,18,21). The van der Waals surface area contributed by atoms with Crippen molar-refractivity contribution in [2.24, 2.45) is 13.0 Å². The Kier molecular flexibility index (Phi) is 3.00. The molecule has 4 nitrogen and oxygen atoms in total. The molecule has 0 aliphatic carbocycles. The first kappa shape index (κ1) is 12.9. The summed E-state index contributed by atoms with van der Waals surface area (Å²) < 4.78 is 2.07. The molecule has 3 aliphatic rings. The Balaban J connectivity index is 1.53. The molecule has 4 heteroatoms. The maximum atomic E-state index is 12.5. The number of aromatic nitrogens is 1. The molecule has 3 saturated heterocycles. The average molecular weight is 283 g/mol. The zero-order valence-electron chi connectivity index (χ0n) is 12.4. The normalized spacial score (nSPS) is 28.0. The summed E-state index contributed by atoms with van der Waals surface area (Å²) >= 11 is 0. The van der Waals surface area contributed by atoms with E-state index in [0.29, 0.717) is 12.0 Å². The van der Waals surface area contributed by atoms with Crippen LogP contribution in [0.1, 0.15) is 23.2 Å². The maximum absolute atomic E-state index is 12.5. The number of aryl methyl sites for hydroxylation is 1. The maximum Gasteiger partial charge on any atom is 0.251 e. The topological polar surface area (TPSA) is 37.3 Å². The minimum Gasteiger partial charge on any atom is -0.351 e. The number of amides is 1. The van der Waals surface area contributed by atoms with E-state index in [1.807, 2.05) is 31.4 Å². The van der Waals surface area contributed by atoms with E-state index in [4.69, 9.17) is 0 Å². The number of rotatable bonds is 2. The first-order chi connectivity index (χ1) is 10.2. The van der Waals surface area contributed by atoms with E-state index in [-0.39, 0.29) is 5.91 Å². The summed E-state index contributed by atoms with van der Waals surface area (Å²) in [6, 6.07) is 8.33. The minimum atomic E-state index is 0.0690. The zero-order chi connectivity index (χ0) is 14.4. The number of nitrogens with one attached hydrogen (secondary N) is 1. The van der Waals surface area contributed by atoms with Crippen LogP contribution in [-0.2, 0) is 7.05 Å². The molecule has 1 amide bonds. The molecule has 1 aromatic heterocycles. The fraction of sp³-hybridized carbons (Fsp3) is 0.471. The number of hydrogen-bond acceptors (Lipinski definition) is 2. The first-order valence-corrected chi connectivity index (χ1v) is 7.79. The number of hydrogen-bond donors (Lipinski definition) is 1. The summed E-state index contributed by atoms with van der Waals surface area (Å²) in [7, 11) is 2.02. The molecule has 2 bridgehead atoms. The molecule has 0 saturated carbocycles. The second-order valence-corrected chi connectivity index (χ2v) is 6.42. The molecular formula is C17H21N3O. The summed E-state index contributed by atoms with van der Waals surface area (Å²) in [5, 5.41) is 4.37. The Bertz CT molecular complexity index is 682. The Morgan fingerprint density at radius 2 is 2.05 bits per heavy atom. The van der Waals surface area contributed by atoms with Crippen LogP contribution >= 0.6 is 0 Å². The molecule has 0 spiro atoms. The van der Waals surface area contributed by atoms with Crippen molar-refractivity contribution >= 4 is 16.8 Å². The van der Waals surface area contributed by atoms with E-state index in [0.717, 1.165) is 23.0 Å². The largest absolute Gasteiger partial charge is 0.351 e. The van der Waals surface area contributed by atoms with Crippen molar-refractivity contribution in [3.63, 3.8) is 0 Å². The monoisotopic (exact) mass is 283 g/mol. The van der Waals surface area contributed by atoms with Crippen LogP contribution in [0.3, 0.4) is 0 Å². The molecule has 110 valence electrons. The van der Waals surface area contributed by atoms with Gasteiger partial charge in [0.25, 0.3) is 5.91 Å². The van der Waals surface area contributed by atoms with Gasteiger partial charge in [0, 0.05) is 42.3 Å². The van der Waals surface area contributed by atoms with Gasteiger partial charge in [-0.25, -0.2) is 0 Å². The Labute approximate surface area is 124 Å². The molecule has 3 aliphatic heterocycles.